The number of halogens is 1. The molecule has 1 aromatic heterocycles. The number of aryl methyl sites for hydroxylation is 1. The number of carbonyl (C=O) groups excluding carboxylic acids is 1. The SMILES string of the molecule is O=C(CCc1ncc(-c2ccc(Cl)cc2)o1)NCc1ccc(S(=O)(=O)N2CCCCC2)cc1. The van der Waals surface area contributed by atoms with E-state index in [4.69, 9.17) is 16.0 Å². The molecule has 33 heavy (non-hydrogen) atoms. The third-order valence-electron chi connectivity index (χ3n) is 5.61. The monoisotopic (exact) mass is 487 g/mol. The van der Waals surface area contributed by atoms with Crippen molar-refractivity contribution in [1.82, 2.24) is 14.6 Å². The molecule has 1 amide bonds. The maximum absolute atomic E-state index is 12.7. The summed E-state index contributed by atoms with van der Waals surface area (Å²) in [5.41, 5.74) is 1.70. The molecule has 3 aromatic rings. The molecule has 0 saturated carbocycles. The van der Waals surface area contributed by atoms with Crippen LogP contribution in [0.15, 0.2) is 64.0 Å². The minimum Gasteiger partial charge on any atom is -0.441 e. The summed E-state index contributed by atoms with van der Waals surface area (Å²) in [5, 5.41) is 3.50. The van der Waals surface area contributed by atoms with Crippen LogP contribution in [-0.4, -0.2) is 36.7 Å². The van der Waals surface area contributed by atoms with Crippen LogP contribution in [0.5, 0.6) is 0 Å². The highest BCUT2D eigenvalue weighted by atomic mass is 35.5. The summed E-state index contributed by atoms with van der Waals surface area (Å²) in [6.07, 6.45) is 5.13. The fraction of sp³-hybridized carbons (Fsp3) is 0.333. The average molecular weight is 488 g/mol. The highest BCUT2D eigenvalue weighted by Crippen LogP contribution is 2.23. The second-order valence-corrected chi connectivity index (χ2v) is 10.4. The van der Waals surface area contributed by atoms with E-state index in [2.05, 4.69) is 10.3 Å². The summed E-state index contributed by atoms with van der Waals surface area (Å²) >= 11 is 5.90. The van der Waals surface area contributed by atoms with Gasteiger partial charge in [0.15, 0.2) is 11.7 Å². The molecule has 0 spiro atoms. The quantitative estimate of drug-likeness (QED) is 0.507. The summed E-state index contributed by atoms with van der Waals surface area (Å²) < 4.78 is 32.7. The molecule has 0 unspecified atom stereocenters. The van der Waals surface area contributed by atoms with Crippen molar-refractivity contribution in [2.75, 3.05) is 13.1 Å². The third kappa shape index (κ3) is 6.01. The smallest absolute Gasteiger partial charge is 0.243 e. The Morgan fingerprint density at radius 2 is 1.73 bits per heavy atom. The van der Waals surface area contributed by atoms with Gasteiger partial charge in [0.05, 0.1) is 11.1 Å². The molecule has 0 aliphatic carbocycles. The summed E-state index contributed by atoms with van der Waals surface area (Å²) in [4.78, 5) is 16.8. The standard InChI is InChI=1S/C24H26ClN3O4S/c25-20-8-6-19(7-9-20)22-17-27-24(32-22)13-12-23(29)26-16-18-4-10-21(11-5-18)33(30,31)28-14-2-1-3-15-28/h4-11,17H,1-3,12-16H2,(H,26,29). The van der Waals surface area contributed by atoms with Crippen molar-refractivity contribution < 1.29 is 17.6 Å². The number of rotatable bonds is 8. The number of hydrogen-bond donors (Lipinski definition) is 1. The topological polar surface area (TPSA) is 92.5 Å². The van der Waals surface area contributed by atoms with E-state index in [0.29, 0.717) is 47.6 Å². The number of sulfonamides is 1. The van der Waals surface area contributed by atoms with Gasteiger partial charge in [0.1, 0.15) is 0 Å². The molecule has 1 aliphatic heterocycles. The van der Waals surface area contributed by atoms with Crippen LogP contribution in [-0.2, 0) is 27.8 Å². The molecule has 0 radical (unpaired) electrons. The maximum Gasteiger partial charge on any atom is 0.243 e. The van der Waals surface area contributed by atoms with Crippen LogP contribution < -0.4 is 5.32 Å². The van der Waals surface area contributed by atoms with Crippen molar-refractivity contribution in [2.45, 2.75) is 43.5 Å². The molecular weight excluding hydrogens is 462 g/mol. The first-order valence-electron chi connectivity index (χ1n) is 11.0. The van der Waals surface area contributed by atoms with Crippen LogP contribution in [0.1, 0.15) is 37.1 Å². The molecule has 1 aliphatic rings. The maximum atomic E-state index is 12.7. The van der Waals surface area contributed by atoms with Gasteiger partial charge >= 0.3 is 0 Å². The van der Waals surface area contributed by atoms with E-state index >= 15 is 0 Å². The lowest BCUT2D eigenvalue weighted by atomic mass is 10.2. The zero-order valence-corrected chi connectivity index (χ0v) is 19.7. The Morgan fingerprint density at radius 3 is 2.42 bits per heavy atom. The lowest BCUT2D eigenvalue weighted by Crippen LogP contribution is -2.35. The molecule has 1 N–H and O–H groups in total. The number of amides is 1. The zero-order valence-electron chi connectivity index (χ0n) is 18.2. The van der Waals surface area contributed by atoms with Gasteiger partial charge in [-0.15, -0.1) is 0 Å². The molecule has 0 bridgehead atoms. The predicted octanol–water partition coefficient (Wildman–Crippen LogP) is 4.42. The second kappa shape index (κ2) is 10.5. The Morgan fingerprint density at radius 1 is 1.03 bits per heavy atom. The number of carbonyl (C=O) groups is 1. The number of hydrogen-bond acceptors (Lipinski definition) is 5. The molecule has 174 valence electrons. The summed E-state index contributed by atoms with van der Waals surface area (Å²) in [5.74, 6) is 0.982. The Kier molecular flexibility index (Phi) is 7.47. The van der Waals surface area contributed by atoms with Crippen LogP contribution in [0.3, 0.4) is 0 Å². The summed E-state index contributed by atoms with van der Waals surface area (Å²) in [6, 6.07) is 14.0. The van der Waals surface area contributed by atoms with E-state index in [9.17, 15) is 13.2 Å². The van der Waals surface area contributed by atoms with Crippen LogP contribution in [0.25, 0.3) is 11.3 Å². The van der Waals surface area contributed by atoms with E-state index in [1.54, 1.807) is 46.9 Å². The molecule has 2 aromatic carbocycles. The highest BCUT2D eigenvalue weighted by Gasteiger charge is 2.25. The number of benzene rings is 2. The van der Waals surface area contributed by atoms with E-state index in [1.165, 1.54) is 0 Å². The fourth-order valence-corrected chi connectivity index (χ4v) is 5.36. The van der Waals surface area contributed by atoms with Gasteiger partial charge in [-0.3, -0.25) is 4.79 Å². The van der Waals surface area contributed by atoms with Crippen LogP contribution in [0, 0.1) is 0 Å². The molecule has 9 heteroatoms. The molecule has 2 heterocycles. The van der Waals surface area contributed by atoms with Crippen molar-refractivity contribution in [2.24, 2.45) is 0 Å². The average Bonchev–Trinajstić information content (AvgIpc) is 3.32. The second-order valence-electron chi connectivity index (χ2n) is 8.01. The zero-order chi connectivity index (χ0) is 23.3. The Bertz CT molecular complexity index is 1190. The summed E-state index contributed by atoms with van der Waals surface area (Å²) in [7, 11) is -3.45. The molecule has 1 saturated heterocycles. The van der Waals surface area contributed by atoms with Crippen LogP contribution in [0.2, 0.25) is 5.02 Å². The van der Waals surface area contributed by atoms with Gasteiger partial charge in [-0.1, -0.05) is 30.2 Å². The molecule has 7 nitrogen and oxygen atoms in total. The van der Waals surface area contributed by atoms with Crippen molar-refractivity contribution in [1.29, 1.82) is 0 Å². The van der Waals surface area contributed by atoms with Crippen LogP contribution >= 0.6 is 11.6 Å². The first kappa shape index (κ1) is 23.5. The van der Waals surface area contributed by atoms with Gasteiger partial charge in [0.25, 0.3) is 0 Å². The Balaban J connectivity index is 1.26. The first-order chi connectivity index (χ1) is 15.9. The number of nitrogens with zero attached hydrogens (tertiary/aromatic N) is 2. The van der Waals surface area contributed by atoms with Crippen molar-refractivity contribution >= 4 is 27.5 Å². The third-order valence-corrected chi connectivity index (χ3v) is 7.78. The van der Waals surface area contributed by atoms with Gasteiger partial charge in [0.2, 0.25) is 15.9 Å². The van der Waals surface area contributed by atoms with E-state index in [0.717, 1.165) is 30.4 Å². The summed E-state index contributed by atoms with van der Waals surface area (Å²) in [6.45, 7) is 1.47. The minimum absolute atomic E-state index is 0.133. The Labute approximate surface area is 198 Å². The van der Waals surface area contributed by atoms with Crippen LogP contribution in [0.4, 0.5) is 0 Å². The number of oxazole rings is 1. The van der Waals surface area contributed by atoms with Gasteiger partial charge in [-0.2, -0.15) is 4.31 Å². The lowest BCUT2D eigenvalue weighted by molar-refractivity contribution is -0.121. The lowest BCUT2D eigenvalue weighted by Gasteiger charge is -2.25. The number of piperidine rings is 1. The van der Waals surface area contributed by atoms with Gasteiger partial charge in [-0.25, -0.2) is 13.4 Å². The van der Waals surface area contributed by atoms with Crippen molar-refractivity contribution in [3.05, 3.63) is 71.2 Å². The molecular formula is C24H26ClN3O4S. The molecule has 1 fully saturated rings. The van der Waals surface area contributed by atoms with Crippen molar-refractivity contribution in [3.8, 4) is 11.3 Å². The predicted molar refractivity (Wildman–Crippen MR) is 126 cm³/mol. The molecule has 0 atom stereocenters. The minimum atomic E-state index is -3.45. The van der Waals surface area contributed by atoms with Gasteiger partial charge < -0.3 is 9.73 Å². The van der Waals surface area contributed by atoms with Gasteiger partial charge in [-0.05, 0) is 54.8 Å². The van der Waals surface area contributed by atoms with E-state index in [1.807, 2.05) is 12.1 Å². The number of aromatic nitrogens is 1. The highest BCUT2D eigenvalue weighted by molar-refractivity contribution is 7.89. The van der Waals surface area contributed by atoms with Crippen molar-refractivity contribution in [3.63, 3.8) is 0 Å². The van der Waals surface area contributed by atoms with E-state index in [-0.39, 0.29) is 12.3 Å². The molecule has 4 rings (SSSR count). The fourth-order valence-electron chi connectivity index (χ4n) is 3.72. The van der Waals surface area contributed by atoms with E-state index < -0.39 is 10.0 Å². The largest absolute Gasteiger partial charge is 0.441 e. The first-order valence-corrected chi connectivity index (χ1v) is 12.8. The Hall–Kier alpha value is -2.68. The normalized spacial score (nSPS) is 14.8. The number of nitrogens with one attached hydrogen (secondary N) is 1. The van der Waals surface area contributed by atoms with Gasteiger partial charge in [0, 0.05) is 43.1 Å².